The van der Waals surface area contributed by atoms with Crippen LogP contribution in [-0.2, 0) is 19.6 Å². The maximum absolute atomic E-state index is 4.67. The fourth-order valence-corrected chi connectivity index (χ4v) is 2.76. The molecule has 0 atom stereocenters. The lowest BCUT2D eigenvalue weighted by atomic mass is 10.2. The zero-order valence-corrected chi connectivity index (χ0v) is 13.0. The molecule has 0 saturated carbocycles. The largest absolute Gasteiger partial charge is 0.310 e. The number of rotatable bonds is 8. The highest BCUT2D eigenvalue weighted by atomic mass is 32.1. The summed E-state index contributed by atoms with van der Waals surface area (Å²) in [6.07, 6.45) is 4.83. The number of hydrogen-bond donors (Lipinski definition) is 1. The van der Waals surface area contributed by atoms with Crippen molar-refractivity contribution in [1.82, 2.24) is 20.2 Å². The number of aromatic nitrogens is 2. The van der Waals surface area contributed by atoms with Crippen molar-refractivity contribution in [3.8, 4) is 0 Å². The van der Waals surface area contributed by atoms with Gasteiger partial charge in [0, 0.05) is 37.4 Å². The molecule has 0 unspecified atom stereocenters. The van der Waals surface area contributed by atoms with Crippen LogP contribution in [0, 0.1) is 0 Å². The fraction of sp³-hybridized carbons (Fsp3) is 0.467. The molecular weight excluding hydrogens is 268 g/mol. The molecule has 5 heteroatoms. The van der Waals surface area contributed by atoms with Crippen LogP contribution < -0.4 is 5.32 Å². The molecule has 0 aromatic carbocycles. The monoisotopic (exact) mass is 290 g/mol. The van der Waals surface area contributed by atoms with Crippen molar-refractivity contribution in [2.45, 2.75) is 33.0 Å². The first-order chi connectivity index (χ1) is 9.78. The van der Waals surface area contributed by atoms with E-state index in [0.717, 1.165) is 38.3 Å². The van der Waals surface area contributed by atoms with Crippen molar-refractivity contribution >= 4 is 11.3 Å². The van der Waals surface area contributed by atoms with Gasteiger partial charge < -0.3 is 5.32 Å². The van der Waals surface area contributed by atoms with E-state index in [9.17, 15) is 0 Å². The molecule has 0 radical (unpaired) electrons. The highest BCUT2D eigenvalue weighted by molar-refractivity contribution is 7.09. The average Bonchev–Trinajstić information content (AvgIpc) is 2.87. The first kappa shape index (κ1) is 15.1. The molecule has 0 bridgehead atoms. The Balaban J connectivity index is 1.80. The Hall–Kier alpha value is -1.30. The molecule has 4 nitrogen and oxygen atoms in total. The van der Waals surface area contributed by atoms with E-state index in [2.05, 4.69) is 51.7 Å². The van der Waals surface area contributed by atoms with E-state index in [4.69, 9.17) is 0 Å². The van der Waals surface area contributed by atoms with E-state index in [-0.39, 0.29) is 0 Å². The Morgan fingerprint density at radius 1 is 1.25 bits per heavy atom. The van der Waals surface area contributed by atoms with Crippen LogP contribution in [0.4, 0.5) is 0 Å². The molecule has 0 fully saturated rings. The van der Waals surface area contributed by atoms with Gasteiger partial charge in [-0.05, 0) is 37.7 Å². The number of nitrogens with one attached hydrogen (secondary N) is 1. The SMILES string of the molecule is CCCNCc1nc(CN(C)Cc2ccncc2)cs1. The van der Waals surface area contributed by atoms with Crippen molar-refractivity contribution in [3.63, 3.8) is 0 Å². The van der Waals surface area contributed by atoms with Gasteiger partial charge in [0.1, 0.15) is 5.01 Å². The molecule has 2 aromatic rings. The second kappa shape index (κ2) is 8.09. The van der Waals surface area contributed by atoms with Crippen LogP contribution in [0.1, 0.15) is 29.6 Å². The predicted molar refractivity (Wildman–Crippen MR) is 83.5 cm³/mol. The van der Waals surface area contributed by atoms with Gasteiger partial charge in [-0.1, -0.05) is 6.92 Å². The van der Waals surface area contributed by atoms with Gasteiger partial charge in [-0.15, -0.1) is 11.3 Å². The molecular formula is C15H22N4S. The zero-order valence-electron chi connectivity index (χ0n) is 12.2. The second-order valence-electron chi connectivity index (χ2n) is 4.94. The van der Waals surface area contributed by atoms with Gasteiger partial charge in [0.15, 0.2) is 0 Å². The average molecular weight is 290 g/mol. The Labute approximate surface area is 124 Å². The van der Waals surface area contributed by atoms with E-state index >= 15 is 0 Å². The zero-order chi connectivity index (χ0) is 14.2. The van der Waals surface area contributed by atoms with Gasteiger partial charge in [0.25, 0.3) is 0 Å². The molecule has 0 aliphatic rings. The standard InChI is InChI=1S/C15H22N4S/c1-3-6-17-9-15-18-14(12-20-15)11-19(2)10-13-4-7-16-8-5-13/h4-5,7-8,12,17H,3,6,9-11H2,1-2H3. The van der Waals surface area contributed by atoms with Gasteiger partial charge in [-0.3, -0.25) is 9.88 Å². The summed E-state index contributed by atoms with van der Waals surface area (Å²) in [6, 6.07) is 4.11. The summed E-state index contributed by atoms with van der Waals surface area (Å²) in [6.45, 7) is 5.91. The summed E-state index contributed by atoms with van der Waals surface area (Å²) in [7, 11) is 2.12. The summed E-state index contributed by atoms with van der Waals surface area (Å²) >= 11 is 1.74. The van der Waals surface area contributed by atoms with Crippen molar-refractivity contribution in [1.29, 1.82) is 0 Å². The summed E-state index contributed by atoms with van der Waals surface area (Å²) in [4.78, 5) is 11.0. The third kappa shape index (κ3) is 5.00. The van der Waals surface area contributed by atoms with Crippen LogP contribution in [0.15, 0.2) is 29.9 Å². The maximum atomic E-state index is 4.67. The number of thiazole rings is 1. The molecule has 0 amide bonds. The highest BCUT2D eigenvalue weighted by Crippen LogP contribution is 2.12. The summed E-state index contributed by atoms with van der Waals surface area (Å²) < 4.78 is 0. The summed E-state index contributed by atoms with van der Waals surface area (Å²) in [5, 5.41) is 6.72. The maximum Gasteiger partial charge on any atom is 0.107 e. The normalized spacial score (nSPS) is 11.2. The molecule has 0 aliphatic heterocycles. The van der Waals surface area contributed by atoms with Crippen LogP contribution in [0.2, 0.25) is 0 Å². The number of nitrogens with zero attached hydrogens (tertiary/aromatic N) is 3. The van der Waals surface area contributed by atoms with Crippen LogP contribution in [0.3, 0.4) is 0 Å². The van der Waals surface area contributed by atoms with Gasteiger partial charge in [0.2, 0.25) is 0 Å². The molecule has 0 saturated heterocycles. The lowest BCUT2D eigenvalue weighted by Gasteiger charge is -2.14. The molecule has 20 heavy (non-hydrogen) atoms. The van der Waals surface area contributed by atoms with Crippen LogP contribution in [-0.4, -0.2) is 28.5 Å². The van der Waals surface area contributed by atoms with Gasteiger partial charge >= 0.3 is 0 Å². The third-order valence-corrected chi connectivity index (χ3v) is 3.83. The first-order valence-corrected chi connectivity index (χ1v) is 7.87. The van der Waals surface area contributed by atoms with Gasteiger partial charge in [0.05, 0.1) is 5.69 Å². The Morgan fingerprint density at radius 3 is 2.80 bits per heavy atom. The minimum Gasteiger partial charge on any atom is -0.310 e. The van der Waals surface area contributed by atoms with E-state index in [0.29, 0.717) is 0 Å². The second-order valence-corrected chi connectivity index (χ2v) is 5.88. The van der Waals surface area contributed by atoms with Crippen molar-refractivity contribution in [2.24, 2.45) is 0 Å². The van der Waals surface area contributed by atoms with Crippen LogP contribution >= 0.6 is 11.3 Å². The minimum absolute atomic E-state index is 0.882. The van der Waals surface area contributed by atoms with Crippen molar-refractivity contribution < 1.29 is 0 Å². The molecule has 0 spiro atoms. The van der Waals surface area contributed by atoms with E-state index in [1.807, 2.05) is 12.4 Å². The Kier molecular flexibility index (Phi) is 6.11. The number of pyridine rings is 1. The summed E-state index contributed by atoms with van der Waals surface area (Å²) in [5.74, 6) is 0. The van der Waals surface area contributed by atoms with Crippen LogP contribution in [0.5, 0.6) is 0 Å². The number of hydrogen-bond acceptors (Lipinski definition) is 5. The van der Waals surface area contributed by atoms with E-state index in [1.165, 1.54) is 10.6 Å². The third-order valence-electron chi connectivity index (χ3n) is 2.94. The Bertz CT molecular complexity index is 498. The molecule has 1 N–H and O–H groups in total. The highest BCUT2D eigenvalue weighted by Gasteiger charge is 2.06. The smallest absolute Gasteiger partial charge is 0.107 e. The molecule has 2 aromatic heterocycles. The lowest BCUT2D eigenvalue weighted by molar-refractivity contribution is 0.315. The minimum atomic E-state index is 0.882. The van der Waals surface area contributed by atoms with Gasteiger partial charge in [-0.2, -0.15) is 0 Å². The first-order valence-electron chi connectivity index (χ1n) is 6.99. The van der Waals surface area contributed by atoms with Gasteiger partial charge in [-0.25, -0.2) is 4.98 Å². The quantitative estimate of drug-likeness (QED) is 0.759. The Morgan fingerprint density at radius 2 is 2.05 bits per heavy atom. The summed E-state index contributed by atoms with van der Waals surface area (Å²) in [5.41, 5.74) is 2.43. The van der Waals surface area contributed by atoms with Crippen LogP contribution in [0.25, 0.3) is 0 Å². The van der Waals surface area contributed by atoms with E-state index < -0.39 is 0 Å². The van der Waals surface area contributed by atoms with Crippen molar-refractivity contribution in [2.75, 3.05) is 13.6 Å². The lowest BCUT2D eigenvalue weighted by Crippen LogP contribution is -2.18. The molecule has 2 heterocycles. The molecule has 0 aliphatic carbocycles. The topological polar surface area (TPSA) is 41.1 Å². The van der Waals surface area contributed by atoms with Crippen molar-refractivity contribution in [3.05, 3.63) is 46.2 Å². The fourth-order valence-electron chi connectivity index (χ4n) is 2.01. The molecule has 108 valence electrons. The molecule has 2 rings (SSSR count). The predicted octanol–water partition coefficient (Wildman–Crippen LogP) is 2.67. The van der Waals surface area contributed by atoms with E-state index in [1.54, 1.807) is 11.3 Å².